The lowest BCUT2D eigenvalue weighted by Crippen LogP contribution is -1.97. The maximum absolute atomic E-state index is 11.3. The Kier molecular flexibility index (Phi) is 2.81. The first-order valence-corrected chi connectivity index (χ1v) is 4.22. The highest BCUT2D eigenvalue weighted by Crippen LogP contribution is 2.10. The summed E-state index contributed by atoms with van der Waals surface area (Å²) in [4.78, 5) is 11.3. The van der Waals surface area contributed by atoms with Gasteiger partial charge in [-0.15, -0.1) is 0 Å². The van der Waals surface area contributed by atoms with Crippen LogP contribution in [0.25, 0.3) is 0 Å². The molecule has 0 aliphatic rings. The topological polar surface area (TPSA) is 40.9 Å². The first-order chi connectivity index (χ1) is 6.17. The molecule has 0 atom stereocenters. The Morgan fingerprint density at radius 3 is 2.69 bits per heavy atom. The summed E-state index contributed by atoms with van der Waals surface area (Å²) >= 11 is 0. The summed E-state index contributed by atoms with van der Waals surface area (Å²) in [5, 5.41) is 8.68. The van der Waals surface area contributed by atoms with E-state index in [0.717, 1.165) is 5.56 Å². The fourth-order valence-corrected chi connectivity index (χ4v) is 1.21. The van der Waals surface area contributed by atoms with Crippen LogP contribution >= 0.6 is 0 Å². The van der Waals surface area contributed by atoms with Gasteiger partial charge in [0.2, 0.25) is 0 Å². The quantitative estimate of drug-likeness (QED) is 0.644. The first kappa shape index (κ1) is 9.47. The van der Waals surface area contributed by atoms with E-state index in [4.69, 9.17) is 5.26 Å². The van der Waals surface area contributed by atoms with E-state index < -0.39 is 0 Å². The van der Waals surface area contributed by atoms with E-state index >= 15 is 0 Å². The summed E-state index contributed by atoms with van der Waals surface area (Å²) in [6, 6.07) is 7.26. The molecule has 0 aromatic heterocycles. The van der Waals surface area contributed by atoms with Crippen LogP contribution in [0.3, 0.4) is 0 Å². The van der Waals surface area contributed by atoms with Crippen LogP contribution in [0, 0.1) is 18.3 Å². The Morgan fingerprint density at radius 2 is 2.15 bits per heavy atom. The van der Waals surface area contributed by atoms with E-state index in [1.54, 1.807) is 12.1 Å². The van der Waals surface area contributed by atoms with Gasteiger partial charge in [0, 0.05) is 12.0 Å². The van der Waals surface area contributed by atoms with Gasteiger partial charge in [-0.25, -0.2) is 0 Å². The van der Waals surface area contributed by atoms with Gasteiger partial charge in [0.1, 0.15) is 0 Å². The molecular weight excluding hydrogens is 162 g/mol. The van der Waals surface area contributed by atoms with Gasteiger partial charge in [-0.3, -0.25) is 4.79 Å². The number of aryl methyl sites for hydroxylation is 1. The summed E-state index contributed by atoms with van der Waals surface area (Å²) in [7, 11) is 0. The minimum absolute atomic E-state index is 0.0835. The SMILES string of the molecule is CCC(=O)c1cc(C)cc(C#N)c1. The number of hydrogen-bond acceptors (Lipinski definition) is 2. The van der Waals surface area contributed by atoms with E-state index in [9.17, 15) is 4.79 Å². The number of hydrogen-bond donors (Lipinski definition) is 0. The molecule has 0 aliphatic carbocycles. The molecule has 0 N–H and O–H groups in total. The van der Waals surface area contributed by atoms with Gasteiger partial charge in [-0.1, -0.05) is 6.92 Å². The molecule has 0 unspecified atom stereocenters. The fraction of sp³-hybridized carbons (Fsp3) is 0.273. The molecule has 0 fully saturated rings. The highest BCUT2D eigenvalue weighted by atomic mass is 16.1. The number of Topliss-reactive ketones (excluding diaryl/α,β-unsaturated/α-hetero) is 1. The average molecular weight is 173 g/mol. The third-order valence-corrected chi connectivity index (χ3v) is 1.85. The zero-order valence-corrected chi connectivity index (χ0v) is 7.79. The number of carbonyl (C=O) groups is 1. The Bertz CT molecular complexity index is 374. The molecule has 1 rings (SSSR count). The number of nitriles is 1. The van der Waals surface area contributed by atoms with Gasteiger partial charge in [0.15, 0.2) is 5.78 Å². The molecule has 1 aromatic carbocycles. The number of carbonyl (C=O) groups excluding carboxylic acids is 1. The van der Waals surface area contributed by atoms with E-state index in [2.05, 4.69) is 0 Å². The second-order valence-electron chi connectivity index (χ2n) is 2.98. The van der Waals surface area contributed by atoms with Crippen molar-refractivity contribution in [2.75, 3.05) is 0 Å². The Balaban J connectivity index is 3.17. The zero-order chi connectivity index (χ0) is 9.84. The van der Waals surface area contributed by atoms with Crippen molar-refractivity contribution >= 4 is 5.78 Å². The monoisotopic (exact) mass is 173 g/mol. The molecular formula is C11H11NO. The predicted molar refractivity (Wildman–Crippen MR) is 50.5 cm³/mol. The first-order valence-electron chi connectivity index (χ1n) is 4.22. The van der Waals surface area contributed by atoms with Gasteiger partial charge in [0.05, 0.1) is 11.6 Å². The van der Waals surface area contributed by atoms with Crippen molar-refractivity contribution < 1.29 is 4.79 Å². The van der Waals surface area contributed by atoms with Crippen LogP contribution in [0.5, 0.6) is 0 Å². The molecule has 0 bridgehead atoms. The number of nitrogens with zero attached hydrogens (tertiary/aromatic N) is 1. The standard InChI is InChI=1S/C11H11NO/c1-3-11(13)10-5-8(2)4-9(6-10)7-12/h4-6H,3H2,1-2H3. The van der Waals surface area contributed by atoms with E-state index in [-0.39, 0.29) is 5.78 Å². The molecule has 0 amide bonds. The van der Waals surface area contributed by atoms with Gasteiger partial charge in [0.25, 0.3) is 0 Å². The van der Waals surface area contributed by atoms with Gasteiger partial charge < -0.3 is 0 Å². The average Bonchev–Trinajstić information content (AvgIpc) is 2.15. The van der Waals surface area contributed by atoms with Crippen LogP contribution in [-0.4, -0.2) is 5.78 Å². The van der Waals surface area contributed by atoms with Crippen molar-refractivity contribution in [1.82, 2.24) is 0 Å². The minimum atomic E-state index is 0.0835. The van der Waals surface area contributed by atoms with Crippen molar-refractivity contribution in [2.45, 2.75) is 20.3 Å². The summed E-state index contributed by atoms with van der Waals surface area (Å²) in [6.45, 7) is 3.70. The number of benzene rings is 1. The summed E-state index contributed by atoms with van der Waals surface area (Å²) in [6.07, 6.45) is 0.480. The second-order valence-corrected chi connectivity index (χ2v) is 2.98. The van der Waals surface area contributed by atoms with Crippen LogP contribution in [0.2, 0.25) is 0 Å². The van der Waals surface area contributed by atoms with Crippen molar-refractivity contribution in [1.29, 1.82) is 5.26 Å². The molecule has 0 radical (unpaired) electrons. The third-order valence-electron chi connectivity index (χ3n) is 1.85. The van der Waals surface area contributed by atoms with Crippen LogP contribution in [0.15, 0.2) is 18.2 Å². The van der Waals surface area contributed by atoms with Crippen LogP contribution in [-0.2, 0) is 0 Å². The van der Waals surface area contributed by atoms with Gasteiger partial charge >= 0.3 is 0 Å². The zero-order valence-electron chi connectivity index (χ0n) is 7.79. The van der Waals surface area contributed by atoms with Crippen molar-refractivity contribution in [2.24, 2.45) is 0 Å². The van der Waals surface area contributed by atoms with E-state index in [0.29, 0.717) is 17.5 Å². The lowest BCUT2D eigenvalue weighted by atomic mass is 10.0. The smallest absolute Gasteiger partial charge is 0.162 e. The molecule has 66 valence electrons. The van der Waals surface area contributed by atoms with Gasteiger partial charge in [-0.2, -0.15) is 5.26 Å². The largest absolute Gasteiger partial charge is 0.294 e. The van der Waals surface area contributed by atoms with E-state index in [1.807, 2.05) is 26.0 Å². The highest BCUT2D eigenvalue weighted by molar-refractivity contribution is 5.96. The maximum atomic E-state index is 11.3. The van der Waals surface area contributed by atoms with Gasteiger partial charge in [-0.05, 0) is 30.7 Å². The Hall–Kier alpha value is -1.62. The third kappa shape index (κ3) is 2.16. The molecule has 0 spiro atoms. The van der Waals surface area contributed by atoms with Crippen molar-refractivity contribution in [3.63, 3.8) is 0 Å². The highest BCUT2D eigenvalue weighted by Gasteiger charge is 2.04. The number of rotatable bonds is 2. The van der Waals surface area contributed by atoms with Crippen LogP contribution < -0.4 is 0 Å². The molecule has 0 saturated carbocycles. The number of ketones is 1. The maximum Gasteiger partial charge on any atom is 0.162 e. The summed E-state index contributed by atoms with van der Waals surface area (Å²) in [5.74, 6) is 0.0835. The Labute approximate surface area is 77.8 Å². The molecule has 0 aliphatic heterocycles. The molecule has 13 heavy (non-hydrogen) atoms. The fourth-order valence-electron chi connectivity index (χ4n) is 1.21. The normalized spacial score (nSPS) is 9.31. The molecule has 2 nitrogen and oxygen atoms in total. The van der Waals surface area contributed by atoms with Crippen molar-refractivity contribution in [3.05, 3.63) is 34.9 Å². The molecule has 0 heterocycles. The predicted octanol–water partition coefficient (Wildman–Crippen LogP) is 2.46. The summed E-state index contributed by atoms with van der Waals surface area (Å²) < 4.78 is 0. The minimum Gasteiger partial charge on any atom is -0.294 e. The molecule has 1 aromatic rings. The Morgan fingerprint density at radius 1 is 1.46 bits per heavy atom. The molecule has 2 heteroatoms. The van der Waals surface area contributed by atoms with Crippen LogP contribution in [0.1, 0.15) is 34.8 Å². The lowest BCUT2D eigenvalue weighted by molar-refractivity contribution is 0.0988. The summed E-state index contributed by atoms with van der Waals surface area (Å²) in [5.41, 5.74) is 2.15. The van der Waals surface area contributed by atoms with Crippen LogP contribution in [0.4, 0.5) is 0 Å². The molecule has 0 saturated heterocycles. The second kappa shape index (κ2) is 3.86. The van der Waals surface area contributed by atoms with E-state index in [1.165, 1.54) is 0 Å². The lowest BCUT2D eigenvalue weighted by Gasteiger charge is -2.00. The van der Waals surface area contributed by atoms with Crippen molar-refractivity contribution in [3.8, 4) is 6.07 Å².